The summed E-state index contributed by atoms with van der Waals surface area (Å²) in [6.07, 6.45) is 2.22. The number of hydrogen-bond acceptors (Lipinski definition) is 7. The molecule has 11 heteroatoms. The van der Waals surface area contributed by atoms with Crippen molar-refractivity contribution in [2.75, 3.05) is 5.32 Å². The average Bonchev–Trinajstić information content (AvgIpc) is 3.44. The Morgan fingerprint density at radius 3 is 2.87 bits per heavy atom. The highest BCUT2D eigenvalue weighted by Crippen LogP contribution is 2.19. The fourth-order valence-electron chi connectivity index (χ4n) is 2.75. The maximum Gasteiger partial charge on any atom is 0.262 e. The van der Waals surface area contributed by atoms with Gasteiger partial charge in [0.15, 0.2) is 9.90 Å². The Bertz CT molecular complexity index is 1080. The molecule has 1 atom stereocenters. The average molecular weight is 463 g/mol. The number of hydrogen-bond donors (Lipinski definition) is 3. The van der Waals surface area contributed by atoms with Crippen LogP contribution in [0.2, 0.25) is 0 Å². The number of aromatic nitrogens is 4. The zero-order valence-electron chi connectivity index (χ0n) is 16.5. The van der Waals surface area contributed by atoms with E-state index in [9.17, 15) is 9.59 Å². The van der Waals surface area contributed by atoms with Crippen molar-refractivity contribution in [1.29, 1.82) is 0 Å². The molecule has 30 heavy (non-hydrogen) atoms. The fourth-order valence-corrected chi connectivity index (χ4v) is 4.31. The zero-order chi connectivity index (χ0) is 21.7. The van der Waals surface area contributed by atoms with Gasteiger partial charge in [-0.15, -0.1) is 29.3 Å². The highest BCUT2D eigenvalue weighted by molar-refractivity contribution is 7.71. The first-order valence-corrected chi connectivity index (χ1v) is 11.4. The largest absolute Gasteiger partial charge is 0.339 e. The highest BCUT2D eigenvalue weighted by atomic mass is 32.1. The first kappa shape index (κ1) is 22.1. The third kappa shape index (κ3) is 5.29. The van der Waals surface area contributed by atoms with Crippen molar-refractivity contribution in [3.63, 3.8) is 0 Å². The summed E-state index contributed by atoms with van der Waals surface area (Å²) in [7, 11) is 0. The van der Waals surface area contributed by atoms with Crippen LogP contribution in [0.3, 0.4) is 0 Å². The lowest BCUT2D eigenvalue weighted by Crippen LogP contribution is -2.46. The Balaban J connectivity index is 1.66. The van der Waals surface area contributed by atoms with Crippen LogP contribution in [0.5, 0.6) is 0 Å². The Morgan fingerprint density at radius 2 is 2.20 bits per heavy atom. The second-order valence-corrected chi connectivity index (χ2v) is 9.02. The number of nitrogens with zero attached hydrogens (tertiary/aromatic N) is 3. The minimum absolute atomic E-state index is 0.0827. The number of aromatic amines is 1. The molecule has 3 rings (SSSR count). The second-order valence-electron chi connectivity index (χ2n) is 6.83. The quantitative estimate of drug-likeness (QED) is 0.333. The van der Waals surface area contributed by atoms with Crippen LogP contribution < -0.4 is 10.6 Å². The molecule has 0 aliphatic heterocycles. The number of allylic oxidation sites excluding steroid dienone is 1. The minimum atomic E-state index is -0.671. The molecule has 2 amide bonds. The lowest BCUT2D eigenvalue weighted by molar-refractivity contribution is -0.118. The summed E-state index contributed by atoms with van der Waals surface area (Å²) in [5.41, 5.74) is 0.762. The smallest absolute Gasteiger partial charge is 0.262 e. The van der Waals surface area contributed by atoms with Crippen molar-refractivity contribution in [2.45, 2.75) is 32.9 Å². The summed E-state index contributed by atoms with van der Waals surface area (Å²) in [6.45, 7) is 8.05. The third-order valence-corrected chi connectivity index (χ3v) is 6.24. The third-order valence-electron chi connectivity index (χ3n) is 4.25. The maximum absolute atomic E-state index is 12.8. The van der Waals surface area contributed by atoms with E-state index >= 15 is 0 Å². The summed E-state index contributed by atoms with van der Waals surface area (Å²) >= 11 is 7.88. The Kier molecular flexibility index (Phi) is 7.29. The molecule has 0 saturated carbocycles. The van der Waals surface area contributed by atoms with Gasteiger partial charge in [-0.25, -0.2) is 4.98 Å². The highest BCUT2D eigenvalue weighted by Gasteiger charge is 2.26. The molecular formula is C19H22N6O2S3. The number of amides is 2. The molecule has 0 unspecified atom stereocenters. The van der Waals surface area contributed by atoms with Crippen LogP contribution in [0.1, 0.15) is 35.0 Å². The van der Waals surface area contributed by atoms with Crippen LogP contribution in [0.25, 0.3) is 0 Å². The number of H-pyrrole nitrogens is 1. The Labute approximate surface area is 187 Å². The Hall–Kier alpha value is -2.63. The molecule has 0 aromatic carbocycles. The molecule has 0 spiro atoms. The zero-order valence-corrected chi connectivity index (χ0v) is 19.0. The number of nitrogens with one attached hydrogen (secondary N) is 3. The number of rotatable bonds is 9. The predicted molar refractivity (Wildman–Crippen MR) is 122 cm³/mol. The first-order valence-electron chi connectivity index (χ1n) is 9.23. The molecule has 8 nitrogen and oxygen atoms in total. The summed E-state index contributed by atoms with van der Waals surface area (Å²) in [6, 6.07) is 2.86. The minimum Gasteiger partial charge on any atom is -0.339 e. The normalized spacial score (nSPS) is 12.0. The van der Waals surface area contributed by atoms with Crippen LogP contribution in [-0.4, -0.2) is 37.6 Å². The van der Waals surface area contributed by atoms with E-state index in [1.54, 1.807) is 18.2 Å². The van der Waals surface area contributed by atoms with E-state index in [1.807, 2.05) is 29.2 Å². The standard InChI is InChI=1S/C19H22N6O2S3/c1-4-7-25-14(23-24-19(25)28)9-12-10-30-18(20-12)22-17(27)15(11(2)3)21-16(26)13-6-5-8-29-13/h4-6,8,10-11,15H,1,7,9H2,2-3H3,(H,21,26)(H,24,28)(H,20,22,27)/t15-/m0/s1. The molecule has 0 aliphatic rings. The second kappa shape index (κ2) is 9.92. The van der Waals surface area contributed by atoms with Gasteiger partial charge >= 0.3 is 0 Å². The molecule has 3 aromatic heterocycles. The van der Waals surface area contributed by atoms with Gasteiger partial charge in [0.25, 0.3) is 5.91 Å². The van der Waals surface area contributed by atoms with Crippen molar-refractivity contribution in [3.05, 3.63) is 56.7 Å². The first-order chi connectivity index (χ1) is 14.4. The summed E-state index contributed by atoms with van der Waals surface area (Å²) in [5, 5.41) is 16.8. The molecule has 3 aromatic rings. The lowest BCUT2D eigenvalue weighted by Gasteiger charge is -2.20. The molecule has 3 heterocycles. The van der Waals surface area contributed by atoms with Crippen LogP contribution in [0.15, 0.2) is 35.5 Å². The van der Waals surface area contributed by atoms with Crippen molar-refractivity contribution in [2.24, 2.45) is 5.92 Å². The van der Waals surface area contributed by atoms with Crippen LogP contribution in [-0.2, 0) is 17.8 Å². The Morgan fingerprint density at radius 1 is 1.40 bits per heavy atom. The van der Waals surface area contributed by atoms with Gasteiger partial charge in [0, 0.05) is 11.9 Å². The van der Waals surface area contributed by atoms with Crippen LogP contribution in [0, 0.1) is 10.7 Å². The van der Waals surface area contributed by atoms with Gasteiger partial charge in [-0.2, -0.15) is 5.10 Å². The van der Waals surface area contributed by atoms with E-state index in [2.05, 4.69) is 32.4 Å². The summed E-state index contributed by atoms with van der Waals surface area (Å²) in [5.74, 6) is 0.0981. The predicted octanol–water partition coefficient (Wildman–Crippen LogP) is 3.63. The topological polar surface area (TPSA) is 105 Å². The van der Waals surface area contributed by atoms with Gasteiger partial charge in [-0.3, -0.25) is 19.3 Å². The number of thiazole rings is 1. The maximum atomic E-state index is 12.8. The van der Waals surface area contributed by atoms with Gasteiger partial charge in [0.05, 0.1) is 17.0 Å². The van der Waals surface area contributed by atoms with Crippen LogP contribution in [0.4, 0.5) is 5.13 Å². The SMILES string of the molecule is C=CCn1c(Cc2csc(NC(=O)[C@@H](NC(=O)c3cccs3)C(C)C)n2)n[nH]c1=S. The molecule has 3 N–H and O–H groups in total. The molecule has 0 aliphatic carbocycles. The van der Waals surface area contributed by atoms with E-state index in [1.165, 1.54) is 22.7 Å². The van der Waals surface area contributed by atoms with Crippen molar-refractivity contribution in [3.8, 4) is 0 Å². The number of carbonyl (C=O) groups excluding carboxylic acids is 2. The van der Waals surface area contributed by atoms with Gasteiger partial charge in [-0.1, -0.05) is 26.0 Å². The molecule has 0 saturated heterocycles. The number of thiophene rings is 1. The van der Waals surface area contributed by atoms with Gasteiger partial charge in [-0.05, 0) is 29.6 Å². The van der Waals surface area contributed by atoms with Crippen LogP contribution >= 0.6 is 34.9 Å². The number of carbonyl (C=O) groups is 2. The van der Waals surface area contributed by atoms with Crippen molar-refractivity contribution in [1.82, 2.24) is 25.1 Å². The van der Waals surface area contributed by atoms with Crippen molar-refractivity contribution < 1.29 is 9.59 Å². The molecular weight excluding hydrogens is 440 g/mol. The van der Waals surface area contributed by atoms with E-state index in [0.717, 1.165) is 11.5 Å². The molecule has 0 bridgehead atoms. The molecule has 0 radical (unpaired) electrons. The van der Waals surface area contributed by atoms with E-state index < -0.39 is 6.04 Å². The molecule has 0 fully saturated rings. The summed E-state index contributed by atoms with van der Waals surface area (Å²) < 4.78 is 2.37. The van der Waals surface area contributed by atoms with Gasteiger partial charge in [0.1, 0.15) is 11.9 Å². The van der Waals surface area contributed by atoms with E-state index in [0.29, 0.717) is 27.7 Å². The van der Waals surface area contributed by atoms with Gasteiger partial charge in [0.2, 0.25) is 5.91 Å². The van der Waals surface area contributed by atoms with Gasteiger partial charge < -0.3 is 10.6 Å². The monoisotopic (exact) mass is 462 g/mol. The summed E-state index contributed by atoms with van der Waals surface area (Å²) in [4.78, 5) is 30.2. The van der Waals surface area contributed by atoms with Crippen molar-refractivity contribution >= 4 is 51.8 Å². The fraction of sp³-hybridized carbons (Fsp3) is 0.316. The lowest BCUT2D eigenvalue weighted by atomic mass is 10.0. The molecule has 158 valence electrons. The van der Waals surface area contributed by atoms with E-state index in [4.69, 9.17) is 12.2 Å². The van der Waals surface area contributed by atoms with E-state index in [-0.39, 0.29) is 17.7 Å². The number of anilines is 1.